The second-order valence-corrected chi connectivity index (χ2v) is 12.2. The lowest BCUT2D eigenvalue weighted by molar-refractivity contribution is 0.0995. The minimum Gasteiger partial charge on any atom is -0.395 e. The van der Waals surface area contributed by atoms with Gasteiger partial charge in [-0.15, -0.1) is 11.3 Å². The number of aliphatic hydroxyl groups excluding tert-OH is 1. The van der Waals surface area contributed by atoms with Crippen molar-refractivity contribution in [1.82, 2.24) is 39.0 Å². The highest BCUT2D eigenvalue weighted by atomic mass is 32.1. The maximum atomic E-state index is 13.8. The highest BCUT2D eigenvalue weighted by Gasteiger charge is 2.26. The third kappa shape index (κ3) is 5.91. The van der Waals surface area contributed by atoms with Gasteiger partial charge in [0.1, 0.15) is 16.5 Å². The highest BCUT2D eigenvalue weighted by molar-refractivity contribution is 7.17. The maximum absolute atomic E-state index is 13.8. The van der Waals surface area contributed by atoms with Gasteiger partial charge < -0.3 is 14.6 Å². The van der Waals surface area contributed by atoms with Crippen LogP contribution in [0.3, 0.4) is 0 Å². The molecule has 0 saturated carbocycles. The Morgan fingerprint density at radius 3 is 2.64 bits per heavy atom. The fourth-order valence-electron chi connectivity index (χ4n) is 5.93. The summed E-state index contributed by atoms with van der Waals surface area (Å²) in [5, 5.41) is 15.1. The Bertz CT molecular complexity index is 1960. The Balaban J connectivity index is 1.19. The van der Waals surface area contributed by atoms with Gasteiger partial charge in [-0.1, -0.05) is 0 Å². The number of halogens is 1. The number of aryl methyl sites for hydroxylation is 1. The number of Topliss-reactive ketones (excluding diaryl/α,β-unsaturated/α-hetero) is 1. The Kier molecular flexibility index (Phi) is 8.01. The molecule has 0 spiro atoms. The molecular formula is C33H31FN8O2S. The van der Waals surface area contributed by atoms with Gasteiger partial charge in [-0.25, -0.2) is 23.9 Å². The van der Waals surface area contributed by atoms with Crippen LogP contribution in [0.4, 0.5) is 4.39 Å². The number of carbonyl (C=O) groups is 1. The van der Waals surface area contributed by atoms with Crippen molar-refractivity contribution in [2.45, 2.75) is 32.2 Å². The molecule has 1 aliphatic heterocycles. The predicted octanol–water partition coefficient (Wildman–Crippen LogP) is 5.28. The molecule has 0 amide bonds. The first kappa shape index (κ1) is 29.1. The van der Waals surface area contributed by atoms with Gasteiger partial charge in [-0.3, -0.25) is 9.78 Å². The molecule has 5 aromatic heterocycles. The molecule has 6 heterocycles. The van der Waals surface area contributed by atoms with Crippen molar-refractivity contribution in [1.29, 1.82) is 0 Å². The van der Waals surface area contributed by atoms with Crippen molar-refractivity contribution in [3.05, 3.63) is 95.5 Å². The molecular weight excluding hydrogens is 591 g/mol. The van der Waals surface area contributed by atoms with Gasteiger partial charge in [0, 0.05) is 49.2 Å². The number of nitrogens with zero attached hydrogens (tertiary/aromatic N) is 8. The number of imidazole rings is 2. The molecule has 45 heavy (non-hydrogen) atoms. The van der Waals surface area contributed by atoms with Gasteiger partial charge in [-0.2, -0.15) is 5.10 Å². The third-order valence-electron chi connectivity index (χ3n) is 8.19. The van der Waals surface area contributed by atoms with Gasteiger partial charge in [0.15, 0.2) is 11.4 Å². The van der Waals surface area contributed by atoms with Crippen LogP contribution in [0, 0.1) is 12.7 Å². The van der Waals surface area contributed by atoms with Gasteiger partial charge in [0.25, 0.3) is 0 Å². The van der Waals surface area contributed by atoms with Crippen LogP contribution in [0.2, 0.25) is 0 Å². The van der Waals surface area contributed by atoms with E-state index >= 15 is 0 Å². The Hall–Kier alpha value is -4.65. The van der Waals surface area contributed by atoms with Crippen LogP contribution < -0.4 is 0 Å². The van der Waals surface area contributed by atoms with Crippen LogP contribution in [-0.4, -0.2) is 76.1 Å². The lowest BCUT2D eigenvalue weighted by Crippen LogP contribution is -2.36. The SMILES string of the molecule is Cc1nc(-c2cccnc2)sc1C(=O)Cc1cn2nc(-c3c(-c4ccc(F)cc4)ncn3C3CCN(CCO)CC3)ccc2n1. The zero-order valence-electron chi connectivity index (χ0n) is 24.7. The molecule has 1 aromatic carbocycles. The molecule has 10 nitrogen and oxygen atoms in total. The van der Waals surface area contributed by atoms with Crippen molar-refractivity contribution in [2.75, 3.05) is 26.2 Å². The standard InChI is InChI=1S/C33H31FN8O2S/c1-21-32(45-33(37-21)23-3-2-12-35-18-23)28(44)17-25-19-42-29(38-25)9-8-27(39-42)31-30(22-4-6-24(34)7-5-22)36-20-41(31)26-10-13-40(14-11-26)15-16-43/h2-9,12,18-20,26,43H,10-11,13-17H2,1H3. The number of benzene rings is 1. The molecule has 0 radical (unpaired) electrons. The van der Waals surface area contributed by atoms with E-state index in [-0.39, 0.29) is 30.7 Å². The zero-order valence-corrected chi connectivity index (χ0v) is 25.5. The zero-order chi connectivity index (χ0) is 30.9. The summed E-state index contributed by atoms with van der Waals surface area (Å²) in [5.41, 5.74) is 5.88. The Morgan fingerprint density at radius 2 is 1.89 bits per heavy atom. The first-order valence-electron chi connectivity index (χ1n) is 14.9. The van der Waals surface area contributed by atoms with Crippen molar-refractivity contribution in [3.63, 3.8) is 0 Å². The molecule has 6 aromatic rings. The number of piperidine rings is 1. The fraction of sp³-hybridized carbons (Fsp3) is 0.273. The monoisotopic (exact) mass is 622 g/mol. The summed E-state index contributed by atoms with van der Waals surface area (Å²) in [4.78, 5) is 34.5. The van der Waals surface area contributed by atoms with Crippen molar-refractivity contribution >= 4 is 22.8 Å². The molecule has 228 valence electrons. The van der Waals surface area contributed by atoms with E-state index in [4.69, 9.17) is 10.1 Å². The molecule has 7 rings (SSSR count). The van der Waals surface area contributed by atoms with Crippen molar-refractivity contribution in [3.8, 4) is 33.2 Å². The van der Waals surface area contributed by atoms with Crippen molar-refractivity contribution < 1.29 is 14.3 Å². The fourth-order valence-corrected chi connectivity index (χ4v) is 6.92. The second kappa shape index (κ2) is 12.4. The predicted molar refractivity (Wildman–Crippen MR) is 170 cm³/mol. The smallest absolute Gasteiger partial charge is 0.180 e. The molecule has 1 N–H and O–H groups in total. The molecule has 0 aliphatic carbocycles. The first-order chi connectivity index (χ1) is 22.0. The van der Waals surface area contributed by atoms with Crippen LogP contribution >= 0.6 is 11.3 Å². The van der Waals surface area contributed by atoms with E-state index in [1.165, 1.54) is 23.5 Å². The lowest BCUT2D eigenvalue weighted by Gasteiger charge is -2.32. The van der Waals surface area contributed by atoms with Crippen molar-refractivity contribution in [2.24, 2.45) is 0 Å². The van der Waals surface area contributed by atoms with Gasteiger partial charge in [-0.05, 0) is 68.3 Å². The number of β-amino-alcohol motifs (C(OH)–C–C–N with tert-alkyl or cyclic N) is 1. The lowest BCUT2D eigenvalue weighted by atomic mass is 10.0. The molecule has 1 aliphatic rings. The van der Waals surface area contributed by atoms with E-state index in [1.54, 1.807) is 35.2 Å². The van der Waals surface area contributed by atoms with Crippen LogP contribution in [0.15, 0.2) is 73.4 Å². The topological polar surface area (TPSA) is 114 Å². The van der Waals surface area contributed by atoms with Gasteiger partial charge >= 0.3 is 0 Å². The number of fused-ring (bicyclic) bond motifs is 1. The highest BCUT2D eigenvalue weighted by Crippen LogP contribution is 2.35. The number of ketones is 1. The summed E-state index contributed by atoms with van der Waals surface area (Å²) in [7, 11) is 0. The molecule has 0 unspecified atom stereocenters. The number of hydrogen-bond acceptors (Lipinski definition) is 9. The molecule has 0 bridgehead atoms. The Morgan fingerprint density at radius 1 is 1.07 bits per heavy atom. The van der Waals surface area contributed by atoms with Crippen LogP contribution in [0.1, 0.15) is 39.9 Å². The van der Waals surface area contributed by atoms with Crippen LogP contribution in [0.5, 0.6) is 0 Å². The van der Waals surface area contributed by atoms with Crippen LogP contribution in [-0.2, 0) is 6.42 Å². The quantitative estimate of drug-likeness (QED) is 0.217. The van der Waals surface area contributed by atoms with Gasteiger partial charge in [0.2, 0.25) is 0 Å². The van der Waals surface area contributed by atoms with E-state index < -0.39 is 0 Å². The van der Waals surface area contributed by atoms with Crippen LogP contribution in [0.25, 0.3) is 38.9 Å². The normalized spacial score (nSPS) is 14.4. The summed E-state index contributed by atoms with van der Waals surface area (Å²) in [6, 6.07) is 14.1. The largest absolute Gasteiger partial charge is 0.395 e. The summed E-state index contributed by atoms with van der Waals surface area (Å²) >= 11 is 1.37. The summed E-state index contributed by atoms with van der Waals surface area (Å²) < 4.78 is 17.7. The maximum Gasteiger partial charge on any atom is 0.180 e. The number of thiazole rings is 1. The van der Waals surface area contributed by atoms with E-state index in [9.17, 15) is 14.3 Å². The van der Waals surface area contributed by atoms with Gasteiger partial charge in [0.05, 0.1) is 53.2 Å². The average Bonchev–Trinajstić information content (AvgIpc) is 3.78. The number of hydrogen-bond donors (Lipinski definition) is 1. The van der Waals surface area contributed by atoms with E-state index in [0.717, 1.165) is 53.5 Å². The Labute approximate surface area is 262 Å². The number of likely N-dealkylation sites (tertiary alicyclic amines) is 1. The van der Waals surface area contributed by atoms with E-state index in [1.807, 2.05) is 37.5 Å². The average molecular weight is 623 g/mol. The molecule has 1 fully saturated rings. The first-order valence-corrected chi connectivity index (χ1v) is 15.7. The second-order valence-electron chi connectivity index (χ2n) is 11.2. The number of rotatable bonds is 9. The molecule has 12 heteroatoms. The summed E-state index contributed by atoms with van der Waals surface area (Å²) in [6.07, 6.45) is 9.03. The minimum absolute atomic E-state index is 0.0482. The summed E-state index contributed by atoms with van der Waals surface area (Å²) in [6.45, 7) is 4.42. The molecule has 1 saturated heterocycles. The number of pyridine rings is 1. The third-order valence-corrected chi connectivity index (χ3v) is 9.44. The van der Waals surface area contributed by atoms with E-state index in [0.29, 0.717) is 34.2 Å². The number of aliphatic hydroxyl groups is 1. The molecule has 0 atom stereocenters. The number of aromatic nitrogens is 7. The minimum atomic E-state index is -0.308. The van der Waals surface area contributed by atoms with E-state index in [2.05, 4.69) is 24.4 Å². The summed E-state index contributed by atoms with van der Waals surface area (Å²) in [5.74, 6) is -0.356. The number of carbonyl (C=O) groups excluding carboxylic acids is 1.